The van der Waals surface area contributed by atoms with Gasteiger partial charge in [0.2, 0.25) is 0 Å². The molecule has 24 heavy (non-hydrogen) atoms. The van der Waals surface area contributed by atoms with Gasteiger partial charge in [0.05, 0.1) is 5.56 Å². The van der Waals surface area contributed by atoms with Gasteiger partial charge in [-0.3, -0.25) is 10.1 Å². The molecule has 0 saturated heterocycles. The van der Waals surface area contributed by atoms with Gasteiger partial charge in [-0.15, -0.1) is 0 Å². The fourth-order valence-corrected chi connectivity index (χ4v) is 2.72. The summed E-state index contributed by atoms with van der Waals surface area (Å²) in [6.07, 6.45) is 5.21. The Morgan fingerprint density at radius 2 is 1.83 bits per heavy atom. The van der Waals surface area contributed by atoms with Crippen LogP contribution in [-0.4, -0.2) is 37.6 Å². The summed E-state index contributed by atoms with van der Waals surface area (Å²) < 4.78 is 4.95. The number of hydrogen-bond donors (Lipinski definition) is 3. The quantitative estimate of drug-likeness (QED) is 0.717. The SMILES string of the molecule is CNc1ccccc1C(=O)OCC(=O)NC(=O)NC1CCCCC1. The molecule has 0 radical (unpaired) electrons. The van der Waals surface area contributed by atoms with Gasteiger partial charge in [-0.25, -0.2) is 9.59 Å². The van der Waals surface area contributed by atoms with Gasteiger partial charge in [0.1, 0.15) is 0 Å². The van der Waals surface area contributed by atoms with E-state index in [1.165, 1.54) is 6.42 Å². The Morgan fingerprint density at radius 1 is 1.12 bits per heavy atom. The van der Waals surface area contributed by atoms with Crippen LogP contribution in [0, 0.1) is 0 Å². The normalized spacial score (nSPS) is 14.5. The zero-order valence-electron chi connectivity index (χ0n) is 13.8. The van der Waals surface area contributed by atoms with Crippen LogP contribution in [0.5, 0.6) is 0 Å². The van der Waals surface area contributed by atoms with Gasteiger partial charge in [-0.2, -0.15) is 0 Å². The summed E-state index contributed by atoms with van der Waals surface area (Å²) in [5, 5.41) is 7.82. The zero-order chi connectivity index (χ0) is 17.4. The zero-order valence-corrected chi connectivity index (χ0v) is 13.8. The Labute approximate surface area is 141 Å². The summed E-state index contributed by atoms with van der Waals surface area (Å²) in [4.78, 5) is 35.5. The number of imide groups is 1. The molecule has 1 saturated carbocycles. The maximum absolute atomic E-state index is 12.0. The smallest absolute Gasteiger partial charge is 0.340 e. The van der Waals surface area contributed by atoms with Crippen LogP contribution in [0.25, 0.3) is 0 Å². The minimum atomic E-state index is -0.654. The Kier molecular flexibility index (Phi) is 6.60. The standard InChI is InChI=1S/C17H23N3O4/c1-18-14-10-6-5-9-13(14)16(22)24-11-15(21)20-17(23)19-12-7-3-2-4-8-12/h5-6,9-10,12,18H,2-4,7-8,11H2,1H3,(H2,19,20,21,23). The molecular formula is C17H23N3O4. The molecule has 2 rings (SSSR count). The predicted octanol–water partition coefficient (Wildman–Crippen LogP) is 2.04. The van der Waals surface area contributed by atoms with E-state index < -0.39 is 24.5 Å². The first-order valence-electron chi connectivity index (χ1n) is 8.14. The van der Waals surface area contributed by atoms with Gasteiger partial charge in [0.15, 0.2) is 6.61 Å². The van der Waals surface area contributed by atoms with Crippen LogP contribution < -0.4 is 16.0 Å². The minimum absolute atomic E-state index is 0.108. The van der Waals surface area contributed by atoms with Crippen molar-refractivity contribution in [1.29, 1.82) is 0 Å². The van der Waals surface area contributed by atoms with E-state index in [-0.39, 0.29) is 6.04 Å². The lowest BCUT2D eigenvalue weighted by atomic mass is 9.96. The molecule has 1 aromatic carbocycles. The molecule has 7 nitrogen and oxygen atoms in total. The average molecular weight is 333 g/mol. The molecule has 1 fully saturated rings. The van der Waals surface area contributed by atoms with Crippen LogP contribution in [0.1, 0.15) is 42.5 Å². The largest absolute Gasteiger partial charge is 0.452 e. The van der Waals surface area contributed by atoms with Crippen molar-refractivity contribution < 1.29 is 19.1 Å². The predicted molar refractivity (Wildman–Crippen MR) is 89.8 cm³/mol. The van der Waals surface area contributed by atoms with Gasteiger partial charge < -0.3 is 15.4 Å². The third-order valence-electron chi connectivity index (χ3n) is 3.94. The Hall–Kier alpha value is -2.57. The van der Waals surface area contributed by atoms with Crippen molar-refractivity contribution in [2.75, 3.05) is 19.0 Å². The molecule has 1 aromatic rings. The maximum Gasteiger partial charge on any atom is 0.340 e. The second-order valence-corrected chi connectivity index (χ2v) is 5.73. The van der Waals surface area contributed by atoms with Crippen LogP contribution >= 0.6 is 0 Å². The fourth-order valence-electron chi connectivity index (χ4n) is 2.72. The van der Waals surface area contributed by atoms with Crippen LogP contribution in [0.3, 0.4) is 0 Å². The fraction of sp³-hybridized carbons (Fsp3) is 0.471. The third kappa shape index (κ3) is 5.26. The summed E-state index contributed by atoms with van der Waals surface area (Å²) in [5.74, 6) is -1.28. The van der Waals surface area contributed by atoms with Gasteiger partial charge in [0, 0.05) is 18.8 Å². The number of benzene rings is 1. The Morgan fingerprint density at radius 3 is 2.54 bits per heavy atom. The third-order valence-corrected chi connectivity index (χ3v) is 3.94. The molecule has 3 amide bonds. The molecule has 0 aliphatic heterocycles. The lowest BCUT2D eigenvalue weighted by molar-refractivity contribution is -0.123. The molecule has 0 spiro atoms. The van der Waals surface area contributed by atoms with Crippen molar-refractivity contribution in [1.82, 2.24) is 10.6 Å². The molecule has 0 bridgehead atoms. The van der Waals surface area contributed by atoms with E-state index in [2.05, 4.69) is 16.0 Å². The first-order valence-corrected chi connectivity index (χ1v) is 8.14. The molecule has 0 unspecified atom stereocenters. The number of esters is 1. The van der Waals surface area contributed by atoms with E-state index in [9.17, 15) is 14.4 Å². The number of amides is 3. The summed E-state index contributed by atoms with van der Waals surface area (Å²) in [7, 11) is 1.69. The van der Waals surface area contributed by atoms with Gasteiger partial charge in [-0.05, 0) is 25.0 Å². The highest BCUT2D eigenvalue weighted by molar-refractivity contribution is 5.99. The van der Waals surface area contributed by atoms with Crippen molar-refractivity contribution in [2.45, 2.75) is 38.1 Å². The first-order chi connectivity index (χ1) is 11.6. The van der Waals surface area contributed by atoms with Crippen molar-refractivity contribution in [3.8, 4) is 0 Å². The molecule has 7 heteroatoms. The van der Waals surface area contributed by atoms with Crippen LogP contribution in [0.15, 0.2) is 24.3 Å². The summed E-state index contributed by atoms with van der Waals surface area (Å²) in [6.45, 7) is -0.505. The number of nitrogens with one attached hydrogen (secondary N) is 3. The van der Waals surface area contributed by atoms with E-state index in [1.807, 2.05) is 0 Å². The maximum atomic E-state index is 12.0. The van der Waals surface area contributed by atoms with Crippen LogP contribution in [-0.2, 0) is 9.53 Å². The van der Waals surface area contributed by atoms with E-state index in [4.69, 9.17) is 4.74 Å². The van der Waals surface area contributed by atoms with Crippen LogP contribution in [0.2, 0.25) is 0 Å². The molecule has 3 N–H and O–H groups in total. The van der Waals surface area contributed by atoms with Gasteiger partial charge in [0.25, 0.3) is 5.91 Å². The molecule has 0 aromatic heterocycles. The van der Waals surface area contributed by atoms with Gasteiger partial charge >= 0.3 is 12.0 Å². The van der Waals surface area contributed by atoms with E-state index in [0.717, 1.165) is 25.7 Å². The number of rotatable bonds is 5. The molecule has 130 valence electrons. The number of urea groups is 1. The molecule has 1 aliphatic carbocycles. The summed E-state index contributed by atoms with van der Waals surface area (Å²) in [6, 6.07) is 6.38. The second kappa shape index (κ2) is 8.90. The molecular weight excluding hydrogens is 310 g/mol. The second-order valence-electron chi connectivity index (χ2n) is 5.73. The number of para-hydroxylation sites is 1. The van der Waals surface area contributed by atoms with E-state index in [0.29, 0.717) is 11.3 Å². The highest BCUT2D eigenvalue weighted by Gasteiger charge is 2.18. The van der Waals surface area contributed by atoms with Crippen molar-refractivity contribution in [3.63, 3.8) is 0 Å². The molecule has 1 aliphatic rings. The minimum Gasteiger partial charge on any atom is -0.452 e. The number of carbonyl (C=O) groups is 3. The van der Waals surface area contributed by atoms with E-state index in [1.54, 1.807) is 31.3 Å². The topological polar surface area (TPSA) is 96.5 Å². The van der Waals surface area contributed by atoms with Crippen molar-refractivity contribution >= 4 is 23.6 Å². The number of carbonyl (C=O) groups excluding carboxylic acids is 3. The van der Waals surface area contributed by atoms with Gasteiger partial charge in [-0.1, -0.05) is 31.4 Å². The summed E-state index contributed by atoms with van der Waals surface area (Å²) in [5.41, 5.74) is 0.942. The van der Waals surface area contributed by atoms with Crippen molar-refractivity contribution in [3.05, 3.63) is 29.8 Å². The first kappa shape index (κ1) is 17.8. The average Bonchev–Trinajstić information content (AvgIpc) is 2.60. The van der Waals surface area contributed by atoms with Crippen LogP contribution in [0.4, 0.5) is 10.5 Å². The molecule has 0 atom stereocenters. The number of anilines is 1. The highest BCUT2D eigenvalue weighted by atomic mass is 16.5. The summed E-state index contributed by atoms with van der Waals surface area (Å²) >= 11 is 0. The monoisotopic (exact) mass is 333 g/mol. The molecule has 0 heterocycles. The lowest BCUT2D eigenvalue weighted by Gasteiger charge is -2.22. The Balaban J connectivity index is 1.75. The number of ether oxygens (including phenoxy) is 1. The highest BCUT2D eigenvalue weighted by Crippen LogP contribution is 2.17. The van der Waals surface area contributed by atoms with E-state index >= 15 is 0 Å². The lowest BCUT2D eigenvalue weighted by Crippen LogP contribution is -2.46. The van der Waals surface area contributed by atoms with Crippen molar-refractivity contribution in [2.24, 2.45) is 0 Å². The Bertz CT molecular complexity index is 597. The number of hydrogen-bond acceptors (Lipinski definition) is 5.